The van der Waals surface area contributed by atoms with Crippen LogP contribution >= 0.6 is 12.1 Å². The highest BCUT2D eigenvalue weighted by Crippen LogP contribution is 1.94. The van der Waals surface area contributed by atoms with Gasteiger partial charge in [-0.3, -0.25) is 0 Å². The van der Waals surface area contributed by atoms with E-state index in [1.165, 1.54) is 22.2 Å². The average Bonchev–Trinajstić information content (AvgIpc) is 1.35. The monoisotopic (exact) mass is 136 g/mol. The molecule has 1 atom stereocenters. The minimum absolute atomic E-state index is 0.337. The van der Waals surface area contributed by atoms with Gasteiger partial charge in [-0.1, -0.05) is 19.4 Å². The third-order valence-corrected chi connectivity index (χ3v) is 4.63. The molecule has 0 radical (unpaired) electrons. The SMILES string of the molecule is CCC[SiH]([SiH3])S. The van der Waals surface area contributed by atoms with E-state index in [0.29, 0.717) is 0 Å². The second-order valence-electron chi connectivity index (χ2n) is 1.64. The summed E-state index contributed by atoms with van der Waals surface area (Å²) in [5.41, 5.74) is 0. The predicted octanol–water partition coefficient (Wildman–Crippen LogP) is -0.0879. The van der Waals surface area contributed by atoms with Crippen LogP contribution in [-0.2, 0) is 0 Å². The third-order valence-electron chi connectivity index (χ3n) is 0.706. The Morgan fingerprint density at radius 3 is 2.33 bits per heavy atom. The second kappa shape index (κ2) is 3.96. The lowest BCUT2D eigenvalue weighted by atomic mass is 10.6. The largest absolute Gasteiger partial charge is 0.210 e. The van der Waals surface area contributed by atoms with Gasteiger partial charge in [0.05, 0.1) is 7.46 Å². The van der Waals surface area contributed by atoms with E-state index < -0.39 is 0 Å². The van der Waals surface area contributed by atoms with Crippen molar-refractivity contribution in [3.05, 3.63) is 0 Å². The van der Waals surface area contributed by atoms with Crippen LogP contribution in [0, 0.1) is 0 Å². The summed E-state index contributed by atoms with van der Waals surface area (Å²) in [5, 5.41) is 0. The van der Waals surface area contributed by atoms with Crippen LogP contribution < -0.4 is 0 Å². The van der Waals surface area contributed by atoms with Crippen LogP contribution in [0.1, 0.15) is 13.3 Å². The zero-order valence-corrected chi connectivity index (χ0v) is 8.49. The van der Waals surface area contributed by atoms with Crippen LogP contribution in [0.15, 0.2) is 0 Å². The zero-order chi connectivity index (χ0) is 4.99. The van der Waals surface area contributed by atoms with Gasteiger partial charge in [0.25, 0.3) is 0 Å². The summed E-state index contributed by atoms with van der Waals surface area (Å²) >= 11 is 4.38. The van der Waals surface area contributed by atoms with Crippen molar-refractivity contribution in [2.75, 3.05) is 0 Å². The highest BCUT2D eigenvalue weighted by molar-refractivity contribution is 8.15. The lowest BCUT2D eigenvalue weighted by Crippen LogP contribution is -2.00. The Kier molecular flexibility index (Phi) is 4.47. The molecule has 1 unspecified atom stereocenters. The van der Waals surface area contributed by atoms with Crippen molar-refractivity contribution in [3.8, 4) is 0 Å². The number of rotatable bonds is 2. The van der Waals surface area contributed by atoms with Crippen molar-refractivity contribution < 1.29 is 0 Å². The molecule has 0 aliphatic rings. The van der Waals surface area contributed by atoms with Gasteiger partial charge in [0, 0.05) is 9.76 Å². The number of thiol groups is 1. The van der Waals surface area contributed by atoms with Crippen LogP contribution in [0.25, 0.3) is 0 Å². The molecule has 0 aliphatic carbocycles. The van der Waals surface area contributed by atoms with Crippen LogP contribution in [-0.4, -0.2) is 17.2 Å². The molecule has 0 fully saturated rings. The molecule has 38 valence electrons. The van der Waals surface area contributed by atoms with E-state index in [1.54, 1.807) is 0 Å². The molecule has 0 N–H and O–H groups in total. The summed E-state index contributed by atoms with van der Waals surface area (Å²) in [7, 11) is 1.04. The fourth-order valence-corrected chi connectivity index (χ4v) is 3.76. The van der Waals surface area contributed by atoms with E-state index >= 15 is 0 Å². The summed E-state index contributed by atoms with van der Waals surface area (Å²) in [6.07, 6.45) is 1.35. The lowest BCUT2D eigenvalue weighted by Gasteiger charge is -1.92. The number of hydrogen-bond acceptors (Lipinski definition) is 1. The maximum Gasteiger partial charge on any atom is 0.0787 e. The van der Waals surface area contributed by atoms with Crippen LogP contribution in [0.4, 0.5) is 0 Å². The first kappa shape index (κ1) is 6.78. The third kappa shape index (κ3) is 4.78. The molecule has 0 aromatic heterocycles. The quantitative estimate of drug-likeness (QED) is 0.398. The summed E-state index contributed by atoms with van der Waals surface area (Å²) < 4.78 is 0. The van der Waals surface area contributed by atoms with Crippen molar-refractivity contribution in [1.29, 1.82) is 0 Å². The highest BCUT2D eigenvalue weighted by atomic mass is 32.3. The second-order valence-corrected chi connectivity index (χ2v) is 13.7. The van der Waals surface area contributed by atoms with Gasteiger partial charge in [0.2, 0.25) is 0 Å². The van der Waals surface area contributed by atoms with E-state index in [1.807, 2.05) is 0 Å². The molecule has 0 amide bonds. The maximum atomic E-state index is 4.38. The molecule has 0 saturated heterocycles. The molecule has 6 heavy (non-hydrogen) atoms. The Hall–Kier alpha value is 0.784. The van der Waals surface area contributed by atoms with Gasteiger partial charge in [-0.15, -0.1) is 0 Å². The maximum absolute atomic E-state index is 4.38. The van der Waals surface area contributed by atoms with Crippen LogP contribution in [0.5, 0.6) is 0 Å². The Morgan fingerprint density at radius 2 is 2.33 bits per heavy atom. The van der Waals surface area contributed by atoms with E-state index in [-0.39, 0.29) is 7.46 Å². The molecule has 0 rings (SSSR count). The molecule has 3 heteroatoms. The normalized spacial score (nSPS) is 15.0. The van der Waals surface area contributed by atoms with Gasteiger partial charge in [-0.25, -0.2) is 12.1 Å². The van der Waals surface area contributed by atoms with Gasteiger partial charge >= 0.3 is 0 Å². The van der Waals surface area contributed by atoms with Crippen molar-refractivity contribution in [2.24, 2.45) is 0 Å². The summed E-state index contributed by atoms with van der Waals surface area (Å²) in [5.74, 6) is 0. The first-order valence-corrected chi connectivity index (χ1v) is 9.95. The molecule has 0 bridgehead atoms. The fraction of sp³-hybridized carbons (Fsp3) is 1.00. The Labute approximate surface area is 49.2 Å². The van der Waals surface area contributed by atoms with Crippen molar-refractivity contribution in [2.45, 2.75) is 19.4 Å². The Bertz CT molecular complexity index is 30.0. The zero-order valence-electron chi connectivity index (χ0n) is 4.44. The molecule has 0 heterocycles. The lowest BCUT2D eigenvalue weighted by molar-refractivity contribution is 1.08. The minimum Gasteiger partial charge on any atom is -0.210 e. The number of hydrogen-bond donors (Lipinski definition) is 1. The van der Waals surface area contributed by atoms with E-state index in [0.717, 1.165) is 0 Å². The van der Waals surface area contributed by atoms with E-state index in [2.05, 4.69) is 19.0 Å². The summed E-state index contributed by atoms with van der Waals surface area (Å²) in [6, 6.07) is 1.44. The van der Waals surface area contributed by atoms with Gasteiger partial charge < -0.3 is 0 Å². The molecule has 0 nitrogen and oxygen atoms in total. The molecule has 0 aromatic rings. The topological polar surface area (TPSA) is 0 Å². The van der Waals surface area contributed by atoms with Gasteiger partial charge in [0.15, 0.2) is 0 Å². The predicted molar refractivity (Wildman–Crippen MR) is 41.2 cm³/mol. The van der Waals surface area contributed by atoms with Crippen molar-refractivity contribution in [1.82, 2.24) is 0 Å². The average molecular weight is 136 g/mol. The summed E-state index contributed by atoms with van der Waals surface area (Å²) in [6.45, 7) is 2.23. The molecular weight excluding hydrogens is 124 g/mol. The van der Waals surface area contributed by atoms with Gasteiger partial charge in [-0.2, -0.15) is 0 Å². The first-order valence-electron chi connectivity index (χ1n) is 2.45. The Balaban J connectivity index is 2.63. The van der Waals surface area contributed by atoms with Gasteiger partial charge in [0.1, 0.15) is 0 Å². The molecular formula is C3H12SSi2. The molecule has 0 aromatic carbocycles. The van der Waals surface area contributed by atoms with Crippen molar-refractivity contribution in [3.63, 3.8) is 0 Å². The minimum atomic E-state index is -0.337. The molecule has 0 spiro atoms. The summed E-state index contributed by atoms with van der Waals surface area (Å²) in [4.78, 5) is 0. The van der Waals surface area contributed by atoms with E-state index in [4.69, 9.17) is 0 Å². The molecule has 0 saturated carbocycles. The highest BCUT2D eigenvalue weighted by Gasteiger charge is 1.89. The van der Waals surface area contributed by atoms with Gasteiger partial charge in [-0.05, 0) is 0 Å². The van der Waals surface area contributed by atoms with Crippen molar-refractivity contribution >= 4 is 29.3 Å². The fourth-order valence-electron chi connectivity index (χ4n) is 0.418. The smallest absolute Gasteiger partial charge is 0.0787 e. The van der Waals surface area contributed by atoms with Crippen LogP contribution in [0.3, 0.4) is 0 Å². The van der Waals surface area contributed by atoms with Crippen LogP contribution in [0.2, 0.25) is 6.04 Å². The Morgan fingerprint density at radius 1 is 1.83 bits per heavy atom. The standard InChI is InChI=1S/C3H12SSi2/c1-2-3-6(4)5/h4,6H,2-3H2,1,5H3. The molecule has 0 aliphatic heterocycles. The van der Waals surface area contributed by atoms with E-state index in [9.17, 15) is 0 Å². The first-order chi connectivity index (χ1) is 2.77.